The second kappa shape index (κ2) is 7.04. The third kappa shape index (κ3) is 4.61. The molecule has 0 aliphatic heterocycles. The largest absolute Gasteiger partial charge is 0.307 e. The van der Waals surface area contributed by atoms with Gasteiger partial charge in [-0.15, -0.1) is 0 Å². The SMILES string of the molecule is CC(C)CC1CCCC(NC(C)c2ccncc2)C1. The fourth-order valence-corrected chi connectivity index (χ4v) is 3.43. The van der Waals surface area contributed by atoms with Crippen LogP contribution in [0.1, 0.15) is 64.5 Å². The summed E-state index contributed by atoms with van der Waals surface area (Å²) < 4.78 is 0. The van der Waals surface area contributed by atoms with Crippen molar-refractivity contribution in [1.82, 2.24) is 10.3 Å². The number of nitrogens with zero attached hydrogens (tertiary/aromatic N) is 1. The molecule has 1 saturated carbocycles. The molecule has 19 heavy (non-hydrogen) atoms. The maximum absolute atomic E-state index is 4.09. The molecule has 2 rings (SSSR count). The van der Waals surface area contributed by atoms with E-state index in [-0.39, 0.29) is 0 Å². The van der Waals surface area contributed by atoms with Crippen LogP contribution in [-0.4, -0.2) is 11.0 Å². The van der Waals surface area contributed by atoms with Gasteiger partial charge in [0.25, 0.3) is 0 Å². The minimum Gasteiger partial charge on any atom is -0.307 e. The summed E-state index contributed by atoms with van der Waals surface area (Å²) in [6.45, 7) is 6.95. The summed E-state index contributed by atoms with van der Waals surface area (Å²) in [5.41, 5.74) is 1.35. The first-order valence-corrected chi connectivity index (χ1v) is 7.81. The predicted molar refractivity (Wildman–Crippen MR) is 81.0 cm³/mol. The van der Waals surface area contributed by atoms with Gasteiger partial charge >= 0.3 is 0 Å². The molecule has 1 N–H and O–H groups in total. The number of pyridine rings is 1. The summed E-state index contributed by atoms with van der Waals surface area (Å²) in [7, 11) is 0. The molecular formula is C17H28N2. The van der Waals surface area contributed by atoms with Crippen molar-refractivity contribution in [2.45, 2.75) is 65.0 Å². The highest BCUT2D eigenvalue weighted by Crippen LogP contribution is 2.30. The van der Waals surface area contributed by atoms with E-state index in [4.69, 9.17) is 0 Å². The Hall–Kier alpha value is -0.890. The van der Waals surface area contributed by atoms with Crippen LogP contribution in [-0.2, 0) is 0 Å². The van der Waals surface area contributed by atoms with Gasteiger partial charge in [-0.2, -0.15) is 0 Å². The number of aromatic nitrogens is 1. The first kappa shape index (κ1) is 14.5. The van der Waals surface area contributed by atoms with E-state index in [0.29, 0.717) is 12.1 Å². The topological polar surface area (TPSA) is 24.9 Å². The Morgan fingerprint density at radius 3 is 2.63 bits per heavy atom. The molecule has 1 aromatic rings. The van der Waals surface area contributed by atoms with Gasteiger partial charge in [0.05, 0.1) is 0 Å². The van der Waals surface area contributed by atoms with Gasteiger partial charge in [0, 0.05) is 24.5 Å². The monoisotopic (exact) mass is 260 g/mol. The highest BCUT2D eigenvalue weighted by atomic mass is 14.9. The highest BCUT2D eigenvalue weighted by molar-refractivity contribution is 5.14. The molecule has 1 heterocycles. The lowest BCUT2D eigenvalue weighted by atomic mass is 9.81. The quantitative estimate of drug-likeness (QED) is 0.852. The van der Waals surface area contributed by atoms with Crippen molar-refractivity contribution in [3.05, 3.63) is 30.1 Å². The predicted octanol–water partition coefficient (Wildman–Crippen LogP) is 4.34. The van der Waals surface area contributed by atoms with Gasteiger partial charge in [0.2, 0.25) is 0 Å². The lowest BCUT2D eigenvalue weighted by Gasteiger charge is -2.32. The molecule has 2 nitrogen and oxygen atoms in total. The molecular weight excluding hydrogens is 232 g/mol. The number of nitrogens with one attached hydrogen (secondary N) is 1. The van der Waals surface area contributed by atoms with E-state index in [2.05, 4.69) is 43.2 Å². The van der Waals surface area contributed by atoms with Crippen molar-refractivity contribution >= 4 is 0 Å². The highest BCUT2D eigenvalue weighted by Gasteiger charge is 2.23. The van der Waals surface area contributed by atoms with Gasteiger partial charge in [0.1, 0.15) is 0 Å². The van der Waals surface area contributed by atoms with Crippen LogP contribution in [0.3, 0.4) is 0 Å². The van der Waals surface area contributed by atoms with E-state index >= 15 is 0 Å². The number of rotatable bonds is 5. The van der Waals surface area contributed by atoms with E-state index in [1.807, 2.05) is 12.4 Å². The van der Waals surface area contributed by atoms with Crippen LogP contribution >= 0.6 is 0 Å². The maximum Gasteiger partial charge on any atom is 0.0295 e. The Morgan fingerprint density at radius 1 is 1.21 bits per heavy atom. The van der Waals surface area contributed by atoms with Crippen LogP contribution in [0.25, 0.3) is 0 Å². The normalized spacial score (nSPS) is 25.5. The first-order chi connectivity index (χ1) is 9.15. The standard InChI is InChI=1S/C17H28N2/c1-13(2)11-15-5-4-6-17(12-15)19-14(3)16-7-9-18-10-8-16/h7-10,13-15,17,19H,4-6,11-12H2,1-3H3. The smallest absolute Gasteiger partial charge is 0.0295 e. The molecule has 2 heteroatoms. The Balaban J connectivity index is 1.85. The second-order valence-electron chi connectivity index (χ2n) is 6.53. The van der Waals surface area contributed by atoms with Gasteiger partial charge in [-0.1, -0.05) is 26.7 Å². The zero-order chi connectivity index (χ0) is 13.7. The van der Waals surface area contributed by atoms with Crippen LogP contribution in [0.4, 0.5) is 0 Å². The molecule has 0 amide bonds. The number of hydrogen-bond donors (Lipinski definition) is 1. The lowest BCUT2D eigenvalue weighted by molar-refractivity contribution is 0.242. The van der Waals surface area contributed by atoms with Gasteiger partial charge in [-0.3, -0.25) is 4.98 Å². The number of hydrogen-bond acceptors (Lipinski definition) is 2. The van der Waals surface area contributed by atoms with Crippen molar-refractivity contribution in [3.8, 4) is 0 Å². The van der Waals surface area contributed by atoms with Gasteiger partial charge in [-0.25, -0.2) is 0 Å². The van der Waals surface area contributed by atoms with Crippen molar-refractivity contribution < 1.29 is 0 Å². The van der Waals surface area contributed by atoms with E-state index in [0.717, 1.165) is 11.8 Å². The summed E-state index contributed by atoms with van der Waals surface area (Å²) in [5, 5.41) is 3.81. The van der Waals surface area contributed by atoms with E-state index in [1.54, 1.807) is 0 Å². The summed E-state index contributed by atoms with van der Waals surface area (Å²) in [5.74, 6) is 1.76. The molecule has 0 radical (unpaired) electrons. The summed E-state index contributed by atoms with van der Waals surface area (Å²) in [6, 6.07) is 5.37. The molecule has 0 aromatic carbocycles. The maximum atomic E-state index is 4.09. The lowest BCUT2D eigenvalue weighted by Crippen LogP contribution is -2.36. The minimum absolute atomic E-state index is 0.436. The van der Waals surface area contributed by atoms with Crippen LogP contribution in [0.15, 0.2) is 24.5 Å². The zero-order valence-electron chi connectivity index (χ0n) is 12.6. The van der Waals surface area contributed by atoms with Crippen molar-refractivity contribution in [2.75, 3.05) is 0 Å². The minimum atomic E-state index is 0.436. The van der Waals surface area contributed by atoms with E-state index in [1.165, 1.54) is 37.7 Å². The Kier molecular flexibility index (Phi) is 5.38. The summed E-state index contributed by atoms with van der Waals surface area (Å²) >= 11 is 0. The Labute approximate surface area is 118 Å². The zero-order valence-corrected chi connectivity index (χ0v) is 12.6. The summed E-state index contributed by atoms with van der Waals surface area (Å²) in [6.07, 6.45) is 10.7. The molecule has 0 bridgehead atoms. The van der Waals surface area contributed by atoms with E-state index in [9.17, 15) is 0 Å². The third-order valence-electron chi connectivity index (χ3n) is 4.28. The molecule has 1 fully saturated rings. The molecule has 3 unspecified atom stereocenters. The molecule has 1 aromatic heterocycles. The Morgan fingerprint density at radius 2 is 1.95 bits per heavy atom. The molecule has 1 aliphatic rings. The van der Waals surface area contributed by atoms with Crippen molar-refractivity contribution in [3.63, 3.8) is 0 Å². The van der Waals surface area contributed by atoms with Crippen molar-refractivity contribution in [2.24, 2.45) is 11.8 Å². The Bertz CT molecular complexity index is 361. The van der Waals surface area contributed by atoms with Crippen LogP contribution < -0.4 is 5.32 Å². The average molecular weight is 260 g/mol. The van der Waals surface area contributed by atoms with Crippen LogP contribution in [0, 0.1) is 11.8 Å². The van der Waals surface area contributed by atoms with Gasteiger partial charge in [-0.05, 0) is 55.7 Å². The third-order valence-corrected chi connectivity index (χ3v) is 4.28. The van der Waals surface area contributed by atoms with E-state index < -0.39 is 0 Å². The van der Waals surface area contributed by atoms with Gasteiger partial charge < -0.3 is 5.32 Å². The van der Waals surface area contributed by atoms with Crippen LogP contribution in [0.5, 0.6) is 0 Å². The van der Waals surface area contributed by atoms with Gasteiger partial charge in [0.15, 0.2) is 0 Å². The molecule has 0 saturated heterocycles. The fraction of sp³-hybridized carbons (Fsp3) is 0.706. The molecule has 1 aliphatic carbocycles. The molecule has 3 atom stereocenters. The van der Waals surface area contributed by atoms with Crippen LogP contribution in [0.2, 0.25) is 0 Å². The van der Waals surface area contributed by atoms with Crippen molar-refractivity contribution in [1.29, 1.82) is 0 Å². The molecule has 106 valence electrons. The second-order valence-corrected chi connectivity index (χ2v) is 6.53. The fourth-order valence-electron chi connectivity index (χ4n) is 3.43. The molecule has 0 spiro atoms. The first-order valence-electron chi connectivity index (χ1n) is 7.81. The summed E-state index contributed by atoms with van der Waals surface area (Å²) in [4.78, 5) is 4.09. The average Bonchev–Trinajstić information content (AvgIpc) is 2.39.